The van der Waals surface area contributed by atoms with Crippen molar-refractivity contribution in [1.29, 1.82) is 0 Å². The lowest BCUT2D eigenvalue weighted by Gasteiger charge is -2.24. The molecule has 1 aromatic carbocycles. The lowest BCUT2D eigenvalue weighted by Crippen LogP contribution is -2.20. The lowest BCUT2D eigenvalue weighted by molar-refractivity contribution is 0.104. The number of nitrogens with zero attached hydrogens (tertiary/aromatic N) is 3. The van der Waals surface area contributed by atoms with Crippen LogP contribution in [0.5, 0.6) is 0 Å². The molecule has 170 valence electrons. The van der Waals surface area contributed by atoms with Crippen molar-refractivity contribution >= 4 is 34.5 Å². The van der Waals surface area contributed by atoms with Crippen molar-refractivity contribution in [1.82, 2.24) is 14.9 Å². The van der Waals surface area contributed by atoms with Crippen LogP contribution in [0, 0.1) is 5.92 Å². The number of aliphatic hydroxyl groups excluding tert-OH is 1. The summed E-state index contributed by atoms with van der Waals surface area (Å²) in [5.41, 5.74) is 2.55. The highest BCUT2D eigenvalue weighted by molar-refractivity contribution is 7.12. The van der Waals surface area contributed by atoms with E-state index < -0.39 is 0 Å². The lowest BCUT2D eigenvalue weighted by atomic mass is 9.99. The van der Waals surface area contributed by atoms with Gasteiger partial charge in [-0.1, -0.05) is 37.1 Å². The van der Waals surface area contributed by atoms with E-state index in [-0.39, 0.29) is 24.3 Å². The zero-order chi connectivity index (χ0) is 23.1. The normalized spacial score (nSPS) is 13.2. The standard InChI is InChI=1S/C24H29ClN4O2S/c1-4-16(13-30)8-9-27-24-20(12-26-15-28-24)23(31)21-11-18(14-32-21)22(29(2)3)17-6-5-7-19(25)10-17/h5-7,10-12,14-16,22,30H,4,8-9,13H2,1-3H3,(H,26,27,28). The highest BCUT2D eigenvalue weighted by Crippen LogP contribution is 2.32. The minimum absolute atomic E-state index is 0.0134. The zero-order valence-corrected chi connectivity index (χ0v) is 20.2. The first-order chi connectivity index (χ1) is 15.4. The van der Waals surface area contributed by atoms with Crippen LogP contribution in [0.15, 0.2) is 48.2 Å². The van der Waals surface area contributed by atoms with E-state index in [2.05, 4.69) is 27.1 Å². The minimum Gasteiger partial charge on any atom is -0.396 e. The number of nitrogens with one attached hydrogen (secondary N) is 1. The van der Waals surface area contributed by atoms with Crippen LogP contribution in [-0.2, 0) is 0 Å². The molecule has 3 rings (SSSR count). The van der Waals surface area contributed by atoms with E-state index >= 15 is 0 Å². The summed E-state index contributed by atoms with van der Waals surface area (Å²) in [4.78, 5) is 24.4. The van der Waals surface area contributed by atoms with E-state index in [4.69, 9.17) is 11.6 Å². The summed E-state index contributed by atoms with van der Waals surface area (Å²) in [7, 11) is 4.02. The molecule has 3 aromatic rings. The van der Waals surface area contributed by atoms with Gasteiger partial charge in [0.05, 0.1) is 16.5 Å². The SMILES string of the molecule is CCC(CO)CCNc1ncncc1C(=O)c1cc(C(c2cccc(Cl)c2)N(C)C)cs1. The summed E-state index contributed by atoms with van der Waals surface area (Å²) in [5, 5.41) is 15.3. The molecule has 0 radical (unpaired) electrons. The smallest absolute Gasteiger partial charge is 0.208 e. The van der Waals surface area contributed by atoms with Gasteiger partial charge in [-0.15, -0.1) is 11.3 Å². The third-order valence-electron chi connectivity index (χ3n) is 5.48. The fourth-order valence-electron chi connectivity index (χ4n) is 3.67. The molecule has 2 unspecified atom stereocenters. The first kappa shape index (κ1) is 24.3. The van der Waals surface area contributed by atoms with Gasteiger partial charge in [-0.3, -0.25) is 9.69 Å². The second kappa shape index (κ2) is 11.5. The molecular weight excluding hydrogens is 444 g/mol. The van der Waals surface area contributed by atoms with Crippen LogP contribution in [0.4, 0.5) is 5.82 Å². The first-order valence-corrected chi connectivity index (χ1v) is 11.9. The second-order valence-electron chi connectivity index (χ2n) is 7.95. The summed E-state index contributed by atoms with van der Waals surface area (Å²) in [6, 6.07) is 9.71. The van der Waals surface area contributed by atoms with E-state index in [1.807, 2.05) is 49.8 Å². The van der Waals surface area contributed by atoms with Crippen LogP contribution in [0.25, 0.3) is 0 Å². The summed E-state index contributed by atoms with van der Waals surface area (Å²) >= 11 is 7.63. The predicted molar refractivity (Wildman–Crippen MR) is 131 cm³/mol. The molecule has 0 bridgehead atoms. The number of hydrogen-bond donors (Lipinski definition) is 2. The number of carbonyl (C=O) groups excluding carboxylic acids is 1. The number of thiophene rings is 1. The Morgan fingerprint density at radius 1 is 1.28 bits per heavy atom. The van der Waals surface area contributed by atoms with Gasteiger partial charge in [0.2, 0.25) is 5.78 Å². The van der Waals surface area contributed by atoms with Crippen molar-refractivity contribution in [2.75, 3.05) is 32.6 Å². The van der Waals surface area contributed by atoms with Crippen molar-refractivity contribution in [3.05, 3.63) is 74.8 Å². The average molecular weight is 473 g/mol. The molecule has 0 aliphatic rings. The number of benzene rings is 1. The van der Waals surface area contributed by atoms with E-state index in [1.165, 1.54) is 17.7 Å². The number of hydrogen-bond acceptors (Lipinski definition) is 7. The molecule has 0 saturated heterocycles. The van der Waals surface area contributed by atoms with Gasteiger partial charge in [-0.05, 0) is 61.1 Å². The fraction of sp³-hybridized carbons (Fsp3) is 0.375. The van der Waals surface area contributed by atoms with Crippen molar-refractivity contribution in [2.24, 2.45) is 5.92 Å². The highest BCUT2D eigenvalue weighted by atomic mass is 35.5. The predicted octanol–water partition coefficient (Wildman–Crippen LogP) is 4.89. The number of ketones is 1. The Morgan fingerprint density at radius 2 is 2.09 bits per heavy atom. The molecule has 0 saturated carbocycles. The Kier molecular flexibility index (Phi) is 8.75. The van der Waals surface area contributed by atoms with E-state index in [0.717, 1.165) is 24.0 Å². The van der Waals surface area contributed by atoms with Crippen LogP contribution < -0.4 is 5.32 Å². The van der Waals surface area contributed by atoms with Crippen LogP contribution in [0.1, 0.15) is 52.2 Å². The Morgan fingerprint density at radius 3 is 2.78 bits per heavy atom. The van der Waals surface area contributed by atoms with Gasteiger partial charge in [-0.25, -0.2) is 9.97 Å². The fourth-order valence-corrected chi connectivity index (χ4v) is 4.75. The van der Waals surface area contributed by atoms with Gasteiger partial charge in [0, 0.05) is 24.4 Å². The van der Waals surface area contributed by atoms with Gasteiger partial charge in [0.15, 0.2) is 0 Å². The molecule has 32 heavy (non-hydrogen) atoms. The number of aromatic nitrogens is 2. The summed E-state index contributed by atoms with van der Waals surface area (Å²) in [5.74, 6) is 0.645. The molecule has 6 nitrogen and oxygen atoms in total. The van der Waals surface area contributed by atoms with Crippen LogP contribution in [-0.4, -0.2) is 53.0 Å². The van der Waals surface area contributed by atoms with E-state index in [9.17, 15) is 9.90 Å². The molecular formula is C24H29ClN4O2S. The largest absolute Gasteiger partial charge is 0.396 e. The van der Waals surface area contributed by atoms with E-state index in [1.54, 1.807) is 6.20 Å². The maximum absolute atomic E-state index is 13.3. The Balaban J connectivity index is 1.81. The molecule has 2 aromatic heterocycles. The molecule has 0 aliphatic carbocycles. The van der Waals surface area contributed by atoms with Gasteiger partial charge >= 0.3 is 0 Å². The number of aliphatic hydroxyl groups is 1. The molecule has 0 amide bonds. The summed E-state index contributed by atoms with van der Waals surface area (Å²) in [6.45, 7) is 2.84. The Labute approximate surface area is 198 Å². The van der Waals surface area contributed by atoms with Crippen molar-refractivity contribution in [3.8, 4) is 0 Å². The third-order valence-corrected chi connectivity index (χ3v) is 6.66. The molecule has 0 spiro atoms. The van der Waals surface area contributed by atoms with Crippen LogP contribution in [0.2, 0.25) is 5.02 Å². The monoisotopic (exact) mass is 472 g/mol. The van der Waals surface area contributed by atoms with Crippen molar-refractivity contribution < 1.29 is 9.90 Å². The average Bonchev–Trinajstić information content (AvgIpc) is 3.26. The van der Waals surface area contributed by atoms with Crippen LogP contribution in [0.3, 0.4) is 0 Å². The van der Waals surface area contributed by atoms with Crippen molar-refractivity contribution in [3.63, 3.8) is 0 Å². The highest BCUT2D eigenvalue weighted by Gasteiger charge is 2.22. The molecule has 0 fully saturated rings. The molecule has 2 atom stereocenters. The second-order valence-corrected chi connectivity index (χ2v) is 9.30. The first-order valence-electron chi connectivity index (χ1n) is 10.6. The van der Waals surface area contributed by atoms with Crippen LogP contribution >= 0.6 is 22.9 Å². The summed E-state index contributed by atoms with van der Waals surface area (Å²) < 4.78 is 0. The van der Waals surface area contributed by atoms with Gasteiger partial charge < -0.3 is 10.4 Å². The maximum atomic E-state index is 13.3. The quantitative estimate of drug-likeness (QED) is 0.387. The molecule has 0 aliphatic heterocycles. The van der Waals surface area contributed by atoms with E-state index in [0.29, 0.717) is 27.8 Å². The third kappa shape index (κ3) is 5.92. The number of carbonyl (C=O) groups is 1. The summed E-state index contributed by atoms with van der Waals surface area (Å²) in [6.07, 6.45) is 4.70. The van der Waals surface area contributed by atoms with Gasteiger partial charge in [0.1, 0.15) is 12.1 Å². The Bertz CT molecular complexity index is 1040. The van der Waals surface area contributed by atoms with Gasteiger partial charge in [0.25, 0.3) is 0 Å². The molecule has 2 N–H and O–H groups in total. The van der Waals surface area contributed by atoms with Gasteiger partial charge in [-0.2, -0.15) is 0 Å². The number of rotatable bonds is 11. The molecule has 2 heterocycles. The molecule has 8 heteroatoms. The zero-order valence-electron chi connectivity index (χ0n) is 18.6. The topological polar surface area (TPSA) is 78.3 Å². The number of anilines is 1. The Hall–Kier alpha value is -2.32. The number of halogens is 1. The maximum Gasteiger partial charge on any atom is 0.208 e. The minimum atomic E-state index is -0.109. The van der Waals surface area contributed by atoms with Crippen molar-refractivity contribution in [2.45, 2.75) is 25.8 Å².